The molecule has 0 radical (unpaired) electrons. The zero-order valence-corrected chi connectivity index (χ0v) is 17.4. The van der Waals surface area contributed by atoms with Crippen LogP contribution in [-0.4, -0.2) is 52.9 Å². The number of benzene rings is 2. The third kappa shape index (κ3) is 5.82. The maximum absolute atomic E-state index is 13.6. The van der Waals surface area contributed by atoms with Gasteiger partial charge in [0.2, 0.25) is 0 Å². The van der Waals surface area contributed by atoms with Crippen molar-refractivity contribution < 1.29 is 28.5 Å². The normalized spacial score (nSPS) is 18.9. The molecular formula is C21H27ClFN3O3+2. The van der Waals surface area contributed by atoms with Gasteiger partial charge in [-0.05, 0) is 36.4 Å². The van der Waals surface area contributed by atoms with Gasteiger partial charge >= 0.3 is 0 Å². The number of rotatable bonds is 7. The SMILES string of the molecule is COc1ccc(F)cc1C[NH+]1CC[NH+](CC(=O)Nc2cc(Cl)ccc2OC)CC1. The van der Waals surface area contributed by atoms with Crippen molar-refractivity contribution in [2.45, 2.75) is 6.54 Å². The van der Waals surface area contributed by atoms with Crippen LogP contribution in [0, 0.1) is 5.82 Å². The molecule has 6 nitrogen and oxygen atoms in total. The number of anilines is 1. The first kappa shape index (κ1) is 21.4. The van der Waals surface area contributed by atoms with Gasteiger partial charge in [0.25, 0.3) is 5.91 Å². The van der Waals surface area contributed by atoms with Crippen molar-refractivity contribution in [3.63, 3.8) is 0 Å². The van der Waals surface area contributed by atoms with Crippen LogP contribution in [0.1, 0.15) is 5.56 Å². The molecule has 156 valence electrons. The number of ether oxygens (including phenoxy) is 2. The Morgan fingerprint density at radius 3 is 2.38 bits per heavy atom. The number of halogens is 2. The van der Waals surface area contributed by atoms with Crippen LogP contribution in [-0.2, 0) is 11.3 Å². The lowest BCUT2D eigenvalue weighted by Gasteiger charge is -2.29. The molecule has 0 unspecified atom stereocenters. The molecule has 0 saturated carbocycles. The molecule has 2 aromatic rings. The van der Waals surface area contributed by atoms with Crippen molar-refractivity contribution in [1.29, 1.82) is 0 Å². The largest absolute Gasteiger partial charge is 0.496 e. The minimum absolute atomic E-state index is 0.0733. The van der Waals surface area contributed by atoms with E-state index in [9.17, 15) is 9.18 Å². The number of hydrogen-bond acceptors (Lipinski definition) is 3. The monoisotopic (exact) mass is 423 g/mol. The van der Waals surface area contributed by atoms with Crippen LogP contribution in [0.2, 0.25) is 5.02 Å². The van der Waals surface area contributed by atoms with Crippen LogP contribution >= 0.6 is 11.6 Å². The van der Waals surface area contributed by atoms with E-state index in [0.29, 0.717) is 35.3 Å². The molecule has 8 heteroatoms. The molecule has 0 bridgehead atoms. The minimum atomic E-state index is -0.252. The van der Waals surface area contributed by atoms with Crippen molar-refractivity contribution in [3.8, 4) is 11.5 Å². The van der Waals surface area contributed by atoms with Crippen LogP contribution in [0.25, 0.3) is 0 Å². The van der Waals surface area contributed by atoms with E-state index in [0.717, 1.165) is 31.7 Å². The summed E-state index contributed by atoms with van der Waals surface area (Å²) in [6, 6.07) is 9.75. The molecular weight excluding hydrogens is 397 g/mol. The first-order valence-corrected chi connectivity index (χ1v) is 9.99. The maximum Gasteiger partial charge on any atom is 0.279 e. The molecule has 29 heavy (non-hydrogen) atoms. The summed E-state index contributed by atoms with van der Waals surface area (Å²) < 4.78 is 24.2. The number of hydrogen-bond donors (Lipinski definition) is 3. The second kappa shape index (κ2) is 9.91. The van der Waals surface area contributed by atoms with Crippen LogP contribution in [0.15, 0.2) is 36.4 Å². The molecule has 1 heterocycles. The van der Waals surface area contributed by atoms with Gasteiger partial charge in [0.05, 0.1) is 25.5 Å². The highest BCUT2D eigenvalue weighted by Crippen LogP contribution is 2.27. The van der Waals surface area contributed by atoms with E-state index in [1.807, 2.05) is 0 Å². The molecule has 3 rings (SSSR count). The fourth-order valence-electron chi connectivity index (χ4n) is 3.66. The fraction of sp³-hybridized carbons (Fsp3) is 0.381. The van der Waals surface area contributed by atoms with E-state index in [1.54, 1.807) is 38.5 Å². The lowest BCUT2D eigenvalue weighted by atomic mass is 10.1. The topological polar surface area (TPSA) is 56.4 Å². The minimum Gasteiger partial charge on any atom is -0.496 e. The summed E-state index contributed by atoms with van der Waals surface area (Å²) in [5.41, 5.74) is 1.45. The van der Waals surface area contributed by atoms with Gasteiger partial charge in [-0.25, -0.2) is 4.39 Å². The van der Waals surface area contributed by atoms with Gasteiger partial charge in [0.1, 0.15) is 50.0 Å². The Bertz CT molecular complexity index is 857. The molecule has 3 N–H and O–H groups in total. The standard InChI is InChI=1S/C21H25ClFN3O3/c1-28-19-6-4-17(23)11-15(19)13-25-7-9-26(10-8-25)14-21(27)24-18-12-16(22)3-5-20(18)29-2/h3-6,11-12H,7-10,13-14H2,1-2H3,(H,24,27)/p+2. The Morgan fingerprint density at radius 2 is 1.69 bits per heavy atom. The zero-order valence-electron chi connectivity index (χ0n) is 16.7. The predicted octanol–water partition coefficient (Wildman–Crippen LogP) is 0.418. The Hall–Kier alpha value is -2.35. The van der Waals surface area contributed by atoms with Crippen molar-refractivity contribution in [2.24, 2.45) is 0 Å². The number of methoxy groups -OCH3 is 2. The highest BCUT2D eigenvalue weighted by molar-refractivity contribution is 6.31. The lowest BCUT2D eigenvalue weighted by Crippen LogP contribution is -3.28. The van der Waals surface area contributed by atoms with Crippen LogP contribution in [0.3, 0.4) is 0 Å². The smallest absolute Gasteiger partial charge is 0.279 e. The van der Waals surface area contributed by atoms with E-state index in [4.69, 9.17) is 21.1 Å². The van der Waals surface area contributed by atoms with Crippen molar-refractivity contribution in [1.82, 2.24) is 0 Å². The number of amides is 1. The highest BCUT2D eigenvalue weighted by Gasteiger charge is 2.26. The van der Waals surface area contributed by atoms with Gasteiger partial charge in [-0.2, -0.15) is 0 Å². The van der Waals surface area contributed by atoms with Gasteiger partial charge in [-0.15, -0.1) is 0 Å². The lowest BCUT2D eigenvalue weighted by molar-refractivity contribution is -1.02. The van der Waals surface area contributed by atoms with Crippen molar-refractivity contribution >= 4 is 23.2 Å². The first-order valence-electron chi connectivity index (χ1n) is 9.61. The van der Waals surface area contributed by atoms with Crippen molar-refractivity contribution in [2.75, 3.05) is 52.3 Å². The molecule has 0 spiro atoms. The van der Waals surface area contributed by atoms with E-state index in [1.165, 1.54) is 21.9 Å². The van der Waals surface area contributed by atoms with E-state index >= 15 is 0 Å². The summed E-state index contributed by atoms with van der Waals surface area (Å²) in [6.45, 7) is 4.64. The van der Waals surface area contributed by atoms with Gasteiger partial charge in [-0.1, -0.05) is 11.6 Å². The molecule has 1 aliphatic heterocycles. The highest BCUT2D eigenvalue weighted by atomic mass is 35.5. The molecule has 1 amide bonds. The third-order valence-corrected chi connectivity index (χ3v) is 5.43. The average Bonchev–Trinajstić information content (AvgIpc) is 2.70. The summed E-state index contributed by atoms with van der Waals surface area (Å²) >= 11 is 6.02. The Balaban J connectivity index is 1.50. The first-order chi connectivity index (χ1) is 14.0. The maximum atomic E-state index is 13.6. The van der Waals surface area contributed by atoms with Gasteiger partial charge in [-0.3, -0.25) is 4.79 Å². The fourth-order valence-corrected chi connectivity index (χ4v) is 3.84. The van der Waals surface area contributed by atoms with Gasteiger partial charge < -0.3 is 24.6 Å². The zero-order chi connectivity index (χ0) is 20.8. The Morgan fingerprint density at radius 1 is 1.03 bits per heavy atom. The third-order valence-electron chi connectivity index (χ3n) is 5.19. The van der Waals surface area contributed by atoms with Crippen LogP contribution in [0.4, 0.5) is 10.1 Å². The number of carbonyl (C=O) groups excluding carboxylic acids is 1. The molecule has 1 aliphatic rings. The van der Waals surface area contributed by atoms with E-state index in [2.05, 4.69) is 5.32 Å². The van der Waals surface area contributed by atoms with Crippen LogP contribution < -0.4 is 24.6 Å². The summed E-state index contributed by atoms with van der Waals surface area (Å²) in [4.78, 5) is 15.0. The van der Waals surface area contributed by atoms with Gasteiger partial charge in [0, 0.05) is 5.02 Å². The number of quaternary nitrogens is 2. The quantitative estimate of drug-likeness (QED) is 0.605. The average molecular weight is 424 g/mol. The van der Waals surface area contributed by atoms with Crippen LogP contribution in [0.5, 0.6) is 11.5 Å². The summed E-state index contributed by atoms with van der Waals surface area (Å²) in [5, 5.41) is 3.43. The molecule has 1 saturated heterocycles. The van der Waals surface area contributed by atoms with E-state index < -0.39 is 0 Å². The Labute approximate surface area is 175 Å². The number of carbonyl (C=O) groups is 1. The van der Waals surface area contributed by atoms with Gasteiger partial charge in [0.15, 0.2) is 6.54 Å². The van der Waals surface area contributed by atoms with E-state index in [-0.39, 0.29) is 11.7 Å². The second-order valence-corrected chi connectivity index (χ2v) is 7.64. The molecule has 0 atom stereocenters. The molecule has 2 aromatic carbocycles. The number of nitrogens with one attached hydrogen (secondary N) is 3. The Kier molecular flexibility index (Phi) is 7.30. The molecule has 1 fully saturated rings. The summed E-state index contributed by atoms with van der Waals surface area (Å²) in [7, 11) is 3.15. The molecule has 0 aromatic heterocycles. The summed E-state index contributed by atoms with van der Waals surface area (Å²) in [5.74, 6) is 0.966. The second-order valence-electron chi connectivity index (χ2n) is 7.20. The van der Waals surface area contributed by atoms with Crippen molar-refractivity contribution in [3.05, 3.63) is 52.8 Å². The number of piperazine rings is 1. The predicted molar refractivity (Wildman–Crippen MR) is 110 cm³/mol. The summed E-state index contributed by atoms with van der Waals surface area (Å²) in [6.07, 6.45) is 0. The molecule has 0 aliphatic carbocycles.